The van der Waals surface area contributed by atoms with Crippen LogP contribution in [-0.4, -0.2) is 37.7 Å². The van der Waals surface area contributed by atoms with E-state index in [1.54, 1.807) is 7.05 Å². The molecule has 2 N–H and O–H groups in total. The molecule has 0 bridgehead atoms. The molecule has 2 aromatic rings. The van der Waals surface area contributed by atoms with Crippen LogP contribution in [0.25, 0.3) is 0 Å². The van der Waals surface area contributed by atoms with Crippen molar-refractivity contribution in [1.82, 2.24) is 15.2 Å². The number of guanidine groups is 1. The number of nitrogens with zero attached hydrogens (tertiary/aromatic N) is 3. The van der Waals surface area contributed by atoms with Crippen LogP contribution in [0.4, 0.5) is 5.69 Å². The number of hydrogen-bond donors (Lipinski definition) is 2. The fourth-order valence-corrected chi connectivity index (χ4v) is 2.72. The van der Waals surface area contributed by atoms with Crippen LogP contribution in [0.1, 0.15) is 5.69 Å². The molecule has 5 nitrogen and oxygen atoms in total. The van der Waals surface area contributed by atoms with Gasteiger partial charge in [-0.3, -0.25) is 4.99 Å². The lowest BCUT2D eigenvalue weighted by Gasteiger charge is -2.20. The topological polar surface area (TPSA) is 44.6 Å². The first-order valence-corrected chi connectivity index (χ1v) is 8.48. The molecule has 0 aliphatic carbocycles. The Bertz CT molecular complexity index is 682. The molecular weight excluding hydrogens is 345 g/mol. The summed E-state index contributed by atoms with van der Waals surface area (Å²) in [5.74, 6) is 0.741. The maximum absolute atomic E-state index is 6.08. The van der Waals surface area contributed by atoms with Crippen molar-refractivity contribution in [2.75, 3.05) is 32.1 Å². The summed E-state index contributed by atoms with van der Waals surface area (Å²) in [6.45, 7) is 2.24. The Labute approximate surface area is 153 Å². The van der Waals surface area contributed by atoms with Crippen molar-refractivity contribution in [3.63, 3.8) is 0 Å². The molecule has 24 heavy (non-hydrogen) atoms. The van der Waals surface area contributed by atoms with Crippen molar-refractivity contribution in [1.29, 1.82) is 0 Å². The van der Waals surface area contributed by atoms with Gasteiger partial charge in [-0.05, 0) is 18.2 Å². The van der Waals surface area contributed by atoms with E-state index < -0.39 is 0 Å². The molecule has 0 fully saturated rings. The molecule has 0 aliphatic heterocycles. The number of para-hydroxylation sites is 1. The number of rotatable bonds is 6. The summed E-state index contributed by atoms with van der Waals surface area (Å²) in [7, 11) is 5.71. The molecule has 0 saturated heterocycles. The SMILES string of the molecule is CN=C(NCCN(C)c1ccccc1)NCc1cc(Cl)c(Cl)n1C. The van der Waals surface area contributed by atoms with Crippen LogP contribution in [0, 0.1) is 0 Å². The maximum Gasteiger partial charge on any atom is 0.191 e. The third-order valence-electron chi connectivity index (χ3n) is 3.81. The Hall–Kier alpha value is -1.85. The van der Waals surface area contributed by atoms with Gasteiger partial charge in [-0.1, -0.05) is 41.4 Å². The van der Waals surface area contributed by atoms with Crippen LogP contribution in [0.2, 0.25) is 10.2 Å². The quantitative estimate of drug-likeness (QED) is 0.608. The molecule has 1 aromatic carbocycles. The van der Waals surface area contributed by atoms with E-state index in [0.29, 0.717) is 16.7 Å². The van der Waals surface area contributed by atoms with E-state index in [1.165, 1.54) is 5.69 Å². The van der Waals surface area contributed by atoms with E-state index in [2.05, 4.69) is 39.7 Å². The highest BCUT2D eigenvalue weighted by Gasteiger charge is 2.09. The summed E-state index contributed by atoms with van der Waals surface area (Å²) < 4.78 is 1.85. The highest BCUT2D eigenvalue weighted by Crippen LogP contribution is 2.24. The van der Waals surface area contributed by atoms with Crippen LogP contribution < -0.4 is 15.5 Å². The van der Waals surface area contributed by atoms with Crippen molar-refractivity contribution in [2.45, 2.75) is 6.54 Å². The van der Waals surface area contributed by atoms with Gasteiger partial charge < -0.3 is 20.1 Å². The number of likely N-dealkylation sites (N-methyl/N-ethyl adjacent to an activating group) is 1. The summed E-state index contributed by atoms with van der Waals surface area (Å²) in [6.07, 6.45) is 0. The lowest BCUT2D eigenvalue weighted by Crippen LogP contribution is -2.40. The number of nitrogens with one attached hydrogen (secondary N) is 2. The number of anilines is 1. The summed E-state index contributed by atoms with van der Waals surface area (Å²) >= 11 is 12.1. The molecule has 1 heterocycles. The summed E-state index contributed by atoms with van der Waals surface area (Å²) in [6, 6.07) is 12.1. The molecule has 0 unspecified atom stereocenters. The van der Waals surface area contributed by atoms with Crippen LogP contribution in [0.15, 0.2) is 41.4 Å². The van der Waals surface area contributed by atoms with E-state index in [9.17, 15) is 0 Å². The van der Waals surface area contributed by atoms with Gasteiger partial charge in [0.15, 0.2) is 5.96 Å². The molecule has 7 heteroatoms. The van der Waals surface area contributed by atoms with E-state index in [1.807, 2.05) is 35.9 Å². The van der Waals surface area contributed by atoms with Crippen molar-refractivity contribution in [3.8, 4) is 0 Å². The van der Waals surface area contributed by atoms with Crippen molar-refractivity contribution in [2.24, 2.45) is 12.0 Å². The molecule has 0 saturated carbocycles. The zero-order valence-corrected chi connectivity index (χ0v) is 15.7. The lowest BCUT2D eigenvalue weighted by atomic mass is 10.3. The second-order valence-corrected chi connectivity index (χ2v) is 6.21. The number of halogens is 2. The second kappa shape index (κ2) is 8.85. The van der Waals surface area contributed by atoms with E-state index in [0.717, 1.165) is 24.7 Å². The molecule has 0 radical (unpaired) electrons. The van der Waals surface area contributed by atoms with E-state index in [-0.39, 0.29) is 0 Å². The zero-order valence-electron chi connectivity index (χ0n) is 14.2. The highest BCUT2D eigenvalue weighted by molar-refractivity contribution is 6.41. The number of hydrogen-bond acceptors (Lipinski definition) is 2. The van der Waals surface area contributed by atoms with Crippen LogP contribution in [-0.2, 0) is 13.6 Å². The largest absolute Gasteiger partial charge is 0.373 e. The third-order valence-corrected chi connectivity index (χ3v) is 4.65. The van der Waals surface area contributed by atoms with Crippen LogP contribution in [0.5, 0.6) is 0 Å². The Morgan fingerprint density at radius 1 is 1.21 bits per heavy atom. The zero-order chi connectivity index (χ0) is 17.5. The van der Waals surface area contributed by atoms with Gasteiger partial charge in [0.05, 0.1) is 11.6 Å². The number of benzene rings is 1. The molecule has 0 atom stereocenters. The van der Waals surface area contributed by atoms with Gasteiger partial charge in [-0.15, -0.1) is 0 Å². The Morgan fingerprint density at radius 3 is 2.50 bits per heavy atom. The van der Waals surface area contributed by atoms with Gasteiger partial charge in [-0.25, -0.2) is 0 Å². The first-order valence-electron chi connectivity index (χ1n) is 7.73. The molecular formula is C17H23Cl2N5. The predicted molar refractivity (Wildman–Crippen MR) is 103 cm³/mol. The second-order valence-electron chi connectivity index (χ2n) is 5.44. The van der Waals surface area contributed by atoms with Gasteiger partial charge in [0.25, 0.3) is 0 Å². The summed E-state index contributed by atoms with van der Waals surface area (Å²) in [5, 5.41) is 7.67. The van der Waals surface area contributed by atoms with Gasteiger partial charge in [-0.2, -0.15) is 0 Å². The van der Waals surface area contributed by atoms with Gasteiger partial charge in [0, 0.05) is 45.6 Å². The Morgan fingerprint density at radius 2 is 1.92 bits per heavy atom. The minimum absolute atomic E-state index is 0.542. The van der Waals surface area contributed by atoms with Crippen LogP contribution in [0.3, 0.4) is 0 Å². The lowest BCUT2D eigenvalue weighted by molar-refractivity contribution is 0.742. The third kappa shape index (κ3) is 4.82. The average Bonchev–Trinajstić information content (AvgIpc) is 2.85. The summed E-state index contributed by atoms with van der Waals surface area (Å²) in [4.78, 5) is 6.42. The van der Waals surface area contributed by atoms with Crippen LogP contribution >= 0.6 is 23.2 Å². The van der Waals surface area contributed by atoms with Gasteiger partial charge >= 0.3 is 0 Å². The molecule has 130 valence electrons. The number of aromatic nitrogens is 1. The predicted octanol–water partition coefficient (Wildman–Crippen LogP) is 3.13. The van der Waals surface area contributed by atoms with Gasteiger partial charge in [0.2, 0.25) is 0 Å². The number of aliphatic imine (C=N–C) groups is 1. The Balaban J connectivity index is 1.79. The standard InChI is InChI=1S/C17H23Cl2N5/c1-20-17(22-12-14-11-15(18)16(19)24(14)3)21-9-10-23(2)13-7-5-4-6-8-13/h4-8,11H,9-10,12H2,1-3H3,(H2,20,21,22). The average molecular weight is 368 g/mol. The summed E-state index contributed by atoms with van der Waals surface area (Å²) in [5.41, 5.74) is 2.18. The molecule has 0 spiro atoms. The van der Waals surface area contributed by atoms with Crippen molar-refractivity contribution in [3.05, 3.63) is 52.3 Å². The first kappa shape index (κ1) is 18.5. The normalized spacial score (nSPS) is 11.5. The van der Waals surface area contributed by atoms with E-state index >= 15 is 0 Å². The Kier molecular flexibility index (Phi) is 6.82. The van der Waals surface area contributed by atoms with Gasteiger partial charge in [0.1, 0.15) is 5.15 Å². The van der Waals surface area contributed by atoms with Crippen molar-refractivity contribution >= 4 is 34.8 Å². The minimum Gasteiger partial charge on any atom is -0.373 e. The van der Waals surface area contributed by atoms with Crippen molar-refractivity contribution < 1.29 is 0 Å². The molecule has 0 amide bonds. The smallest absolute Gasteiger partial charge is 0.191 e. The highest BCUT2D eigenvalue weighted by atomic mass is 35.5. The molecule has 2 rings (SSSR count). The minimum atomic E-state index is 0.542. The monoisotopic (exact) mass is 367 g/mol. The van der Waals surface area contributed by atoms with E-state index in [4.69, 9.17) is 23.2 Å². The first-order chi connectivity index (χ1) is 11.5. The fraction of sp³-hybridized carbons (Fsp3) is 0.353. The molecule has 0 aliphatic rings. The fourth-order valence-electron chi connectivity index (χ4n) is 2.31. The molecule has 1 aromatic heterocycles. The maximum atomic E-state index is 6.08.